The minimum absolute atomic E-state index is 0.00164. The van der Waals surface area contributed by atoms with Gasteiger partial charge in [-0.3, -0.25) is 0 Å². The van der Waals surface area contributed by atoms with E-state index in [0.717, 1.165) is 17.2 Å². The predicted octanol–water partition coefficient (Wildman–Crippen LogP) is 2.00. The number of hydrogen-bond donors (Lipinski definition) is 2. The Labute approximate surface area is 119 Å². The SMILES string of the molecule is CNc1cc(N(C)C(C)CO)nc(-c2ccccc2)n1. The van der Waals surface area contributed by atoms with Gasteiger partial charge in [-0.2, -0.15) is 0 Å². The molecular formula is C15H20N4O. The number of nitrogens with one attached hydrogen (secondary N) is 1. The summed E-state index contributed by atoms with van der Waals surface area (Å²) < 4.78 is 0. The maximum Gasteiger partial charge on any atom is 0.163 e. The first-order chi connectivity index (χ1) is 9.65. The van der Waals surface area contributed by atoms with E-state index >= 15 is 0 Å². The lowest BCUT2D eigenvalue weighted by Crippen LogP contribution is -2.32. The van der Waals surface area contributed by atoms with E-state index in [1.165, 1.54) is 0 Å². The summed E-state index contributed by atoms with van der Waals surface area (Å²) >= 11 is 0. The van der Waals surface area contributed by atoms with Gasteiger partial charge in [0.05, 0.1) is 12.6 Å². The molecule has 0 spiro atoms. The summed E-state index contributed by atoms with van der Waals surface area (Å²) in [6.07, 6.45) is 0. The third kappa shape index (κ3) is 3.05. The molecule has 5 heteroatoms. The number of aromatic nitrogens is 2. The van der Waals surface area contributed by atoms with Gasteiger partial charge in [-0.25, -0.2) is 9.97 Å². The van der Waals surface area contributed by atoms with Crippen molar-refractivity contribution >= 4 is 11.6 Å². The van der Waals surface area contributed by atoms with Gasteiger partial charge in [0.2, 0.25) is 0 Å². The molecule has 20 heavy (non-hydrogen) atoms. The zero-order chi connectivity index (χ0) is 14.5. The van der Waals surface area contributed by atoms with Crippen molar-refractivity contribution in [1.29, 1.82) is 0 Å². The van der Waals surface area contributed by atoms with Gasteiger partial charge in [-0.1, -0.05) is 30.3 Å². The van der Waals surface area contributed by atoms with Crippen LogP contribution >= 0.6 is 0 Å². The van der Waals surface area contributed by atoms with Crippen LogP contribution in [0.1, 0.15) is 6.92 Å². The highest BCUT2D eigenvalue weighted by Crippen LogP contribution is 2.22. The number of hydrogen-bond acceptors (Lipinski definition) is 5. The highest BCUT2D eigenvalue weighted by molar-refractivity contribution is 5.61. The number of likely N-dealkylation sites (N-methyl/N-ethyl adjacent to an activating group) is 1. The van der Waals surface area contributed by atoms with Gasteiger partial charge in [0.15, 0.2) is 5.82 Å². The summed E-state index contributed by atoms with van der Waals surface area (Å²) in [6.45, 7) is 2.03. The van der Waals surface area contributed by atoms with E-state index in [1.807, 2.05) is 62.3 Å². The number of rotatable bonds is 5. The summed E-state index contributed by atoms with van der Waals surface area (Å²) in [7, 11) is 3.74. The molecule has 0 amide bonds. The average Bonchev–Trinajstić information content (AvgIpc) is 2.53. The van der Waals surface area contributed by atoms with E-state index in [1.54, 1.807) is 0 Å². The number of aliphatic hydroxyl groups is 1. The van der Waals surface area contributed by atoms with Gasteiger partial charge in [0.1, 0.15) is 11.6 Å². The van der Waals surface area contributed by atoms with Crippen LogP contribution in [0.15, 0.2) is 36.4 Å². The van der Waals surface area contributed by atoms with Crippen LogP contribution < -0.4 is 10.2 Å². The minimum atomic E-state index is -0.00164. The standard InChI is InChI=1S/C15H20N4O/c1-11(10-20)19(3)14-9-13(16-2)17-15(18-14)12-7-5-4-6-8-12/h4-9,11,20H,10H2,1-3H3,(H,16,17,18). The van der Waals surface area contributed by atoms with Gasteiger partial charge in [-0.05, 0) is 6.92 Å². The summed E-state index contributed by atoms with van der Waals surface area (Å²) in [5.74, 6) is 2.21. The first-order valence-corrected chi connectivity index (χ1v) is 6.61. The van der Waals surface area contributed by atoms with Crippen LogP contribution in [0.4, 0.5) is 11.6 Å². The number of nitrogens with zero attached hydrogens (tertiary/aromatic N) is 3. The molecular weight excluding hydrogens is 252 g/mol. The van der Waals surface area contributed by atoms with E-state index in [2.05, 4.69) is 15.3 Å². The molecule has 0 aliphatic heterocycles. The molecule has 2 rings (SSSR count). The molecule has 0 aliphatic carbocycles. The maximum absolute atomic E-state index is 9.28. The Morgan fingerprint density at radius 1 is 1.25 bits per heavy atom. The van der Waals surface area contributed by atoms with Crippen LogP contribution in [0.2, 0.25) is 0 Å². The Kier molecular flexibility index (Phi) is 4.53. The Morgan fingerprint density at radius 3 is 2.55 bits per heavy atom. The van der Waals surface area contributed by atoms with Crippen LogP contribution in [-0.4, -0.2) is 41.8 Å². The first kappa shape index (κ1) is 14.3. The van der Waals surface area contributed by atoms with E-state index in [9.17, 15) is 5.11 Å². The third-order valence-electron chi connectivity index (χ3n) is 3.29. The van der Waals surface area contributed by atoms with E-state index in [0.29, 0.717) is 5.82 Å². The Morgan fingerprint density at radius 2 is 1.95 bits per heavy atom. The zero-order valence-corrected chi connectivity index (χ0v) is 12.0. The Balaban J connectivity index is 2.44. The molecule has 106 valence electrons. The molecule has 5 nitrogen and oxygen atoms in total. The topological polar surface area (TPSA) is 61.3 Å². The second kappa shape index (κ2) is 6.34. The number of benzene rings is 1. The Bertz CT molecular complexity index is 559. The van der Waals surface area contributed by atoms with Crippen LogP contribution in [0.25, 0.3) is 11.4 Å². The summed E-state index contributed by atoms with van der Waals surface area (Å²) in [6, 6.07) is 11.7. The summed E-state index contributed by atoms with van der Waals surface area (Å²) in [4.78, 5) is 11.0. The molecule has 1 heterocycles. The fourth-order valence-corrected chi connectivity index (χ4v) is 1.81. The second-order valence-corrected chi connectivity index (χ2v) is 4.69. The third-order valence-corrected chi connectivity index (χ3v) is 3.29. The molecule has 0 radical (unpaired) electrons. The van der Waals surface area contributed by atoms with Crippen molar-refractivity contribution in [3.8, 4) is 11.4 Å². The highest BCUT2D eigenvalue weighted by Gasteiger charge is 2.13. The van der Waals surface area contributed by atoms with Crippen LogP contribution in [-0.2, 0) is 0 Å². The van der Waals surface area contributed by atoms with Crippen molar-refractivity contribution in [2.24, 2.45) is 0 Å². The maximum atomic E-state index is 9.28. The second-order valence-electron chi connectivity index (χ2n) is 4.69. The van der Waals surface area contributed by atoms with E-state index in [-0.39, 0.29) is 12.6 Å². The smallest absolute Gasteiger partial charge is 0.163 e. The van der Waals surface area contributed by atoms with Gasteiger partial charge >= 0.3 is 0 Å². The fourth-order valence-electron chi connectivity index (χ4n) is 1.81. The predicted molar refractivity (Wildman–Crippen MR) is 82.0 cm³/mol. The molecule has 1 atom stereocenters. The lowest BCUT2D eigenvalue weighted by atomic mass is 10.2. The fraction of sp³-hybridized carbons (Fsp3) is 0.333. The van der Waals surface area contributed by atoms with E-state index in [4.69, 9.17) is 0 Å². The van der Waals surface area contributed by atoms with Crippen molar-refractivity contribution in [2.45, 2.75) is 13.0 Å². The number of anilines is 2. The average molecular weight is 272 g/mol. The zero-order valence-electron chi connectivity index (χ0n) is 12.0. The molecule has 2 aromatic rings. The molecule has 2 N–H and O–H groups in total. The molecule has 0 bridgehead atoms. The molecule has 1 unspecified atom stereocenters. The van der Waals surface area contributed by atoms with Crippen molar-refractivity contribution < 1.29 is 5.11 Å². The highest BCUT2D eigenvalue weighted by atomic mass is 16.3. The Hall–Kier alpha value is -2.14. The van der Waals surface area contributed by atoms with E-state index < -0.39 is 0 Å². The van der Waals surface area contributed by atoms with Crippen molar-refractivity contribution in [3.05, 3.63) is 36.4 Å². The normalized spacial score (nSPS) is 12.0. The van der Waals surface area contributed by atoms with Gasteiger partial charge in [-0.15, -0.1) is 0 Å². The van der Waals surface area contributed by atoms with Crippen molar-refractivity contribution in [2.75, 3.05) is 30.9 Å². The summed E-state index contributed by atoms with van der Waals surface area (Å²) in [5.41, 5.74) is 0.968. The molecule has 0 saturated carbocycles. The lowest BCUT2D eigenvalue weighted by molar-refractivity contribution is 0.270. The summed E-state index contributed by atoms with van der Waals surface area (Å²) in [5, 5.41) is 12.3. The lowest BCUT2D eigenvalue weighted by Gasteiger charge is -2.25. The molecule has 0 aliphatic rings. The molecule has 0 fully saturated rings. The van der Waals surface area contributed by atoms with Crippen LogP contribution in [0, 0.1) is 0 Å². The van der Waals surface area contributed by atoms with Crippen LogP contribution in [0.5, 0.6) is 0 Å². The van der Waals surface area contributed by atoms with Gasteiger partial charge in [0, 0.05) is 25.7 Å². The molecule has 1 aromatic heterocycles. The molecule has 1 aromatic carbocycles. The largest absolute Gasteiger partial charge is 0.394 e. The van der Waals surface area contributed by atoms with Crippen LogP contribution in [0.3, 0.4) is 0 Å². The quantitative estimate of drug-likeness (QED) is 0.871. The van der Waals surface area contributed by atoms with Crippen molar-refractivity contribution in [1.82, 2.24) is 9.97 Å². The monoisotopic (exact) mass is 272 g/mol. The minimum Gasteiger partial charge on any atom is -0.394 e. The van der Waals surface area contributed by atoms with Gasteiger partial charge < -0.3 is 15.3 Å². The van der Waals surface area contributed by atoms with Gasteiger partial charge in [0.25, 0.3) is 0 Å². The molecule has 0 saturated heterocycles. The number of aliphatic hydroxyl groups excluding tert-OH is 1. The van der Waals surface area contributed by atoms with Crippen molar-refractivity contribution in [3.63, 3.8) is 0 Å². The first-order valence-electron chi connectivity index (χ1n) is 6.61.